The summed E-state index contributed by atoms with van der Waals surface area (Å²) in [5.74, 6) is 1.08. The molecule has 0 amide bonds. The molecule has 60 valence electrons. The van der Waals surface area contributed by atoms with Crippen molar-refractivity contribution in [2.24, 2.45) is 0 Å². The second-order valence-electron chi connectivity index (χ2n) is 2.53. The molecule has 1 aromatic rings. The van der Waals surface area contributed by atoms with Gasteiger partial charge < -0.3 is 0 Å². The number of halogens is 2. The fourth-order valence-electron chi connectivity index (χ4n) is 0.665. The molecular weight excluding hydrogens is 227 g/mol. The van der Waals surface area contributed by atoms with Crippen LogP contribution in [0.5, 0.6) is 0 Å². The van der Waals surface area contributed by atoms with Crippen LogP contribution in [0, 0.1) is 0 Å². The summed E-state index contributed by atoms with van der Waals surface area (Å²) >= 11 is 8.96. The lowest BCUT2D eigenvalue weighted by atomic mass is 10.2. The normalized spacial score (nSPS) is 10.6. The Morgan fingerprint density at radius 3 is 2.55 bits per heavy atom. The molecule has 2 nitrogen and oxygen atoms in total. The Bertz CT molecular complexity index is 242. The minimum atomic E-state index is 0.310. The van der Waals surface area contributed by atoms with E-state index in [4.69, 9.17) is 11.6 Å². The topological polar surface area (TPSA) is 25.8 Å². The van der Waals surface area contributed by atoms with E-state index in [0.29, 0.717) is 11.1 Å². The zero-order valence-corrected chi connectivity index (χ0v) is 8.65. The van der Waals surface area contributed by atoms with E-state index < -0.39 is 0 Å². The first-order valence-corrected chi connectivity index (χ1v) is 4.46. The maximum Gasteiger partial charge on any atom is 0.133 e. The molecule has 0 saturated carbocycles. The molecule has 4 heteroatoms. The number of rotatable bonds is 1. The number of hydrogen-bond donors (Lipinski definition) is 0. The lowest BCUT2D eigenvalue weighted by Gasteiger charge is -2.02. The summed E-state index contributed by atoms with van der Waals surface area (Å²) in [5.41, 5.74) is 0. The van der Waals surface area contributed by atoms with Gasteiger partial charge in [-0.05, 0) is 15.9 Å². The maximum atomic E-state index is 5.71. The van der Waals surface area contributed by atoms with Crippen LogP contribution in [0.3, 0.4) is 0 Å². The van der Waals surface area contributed by atoms with Gasteiger partial charge in [0.15, 0.2) is 0 Å². The molecule has 1 heterocycles. The average molecular weight is 236 g/mol. The zero-order chi connectivity index (χ0) is 8.43. The van der Waals surface area contributed by atoms with Crippen LogP contribution in [-0.2, 0) is 0 Å². The Labute approximate surface area is 79.1 Å². The standard InChI is InChI=1S/C7H8BrClN2/c1-4(2)7-10-5(8)3-6(9)11-7/h3-4H,1-2H3. The van der Waals surface area contributed by atoms with Crippen LogP contribution in [0.25, 0.3) is 0 Å². The third-order valence-electron chi connectivity index (χ3n) is 1.20. The molecule has 0 atom stereocenters. The van der Waals surface area contributed by atoms with Crippen molar-refractivity contribution in [1.29, 1.82) is 0 Å². The molecule has 0 spiro atoms. The number of nitrogens with zero attached hydrogens (tertiary/aromatic N) is 2. The van der Waals surface area contributed by atoms with Crippen molar-refractivity contribution in [3.63, 3.8) is 0 Å². The highest BCUT2D eigenvalue weighted by Gasteiger charge is 2.04. The summed E-state index contributed by atoms with van der Waals surface area (Å²) in [6.07, 6.45) is 0. The van der Waals surface area contributed by atoms with E-state index in [1.165, 1.54) is 0 Å². The van der Waals surface area contributed by atoms with Crippen molar-refractivity contribution >= 4 is 27.5 Å². The molecule has 0 saturated heterocycles. The Hall–Kier alpha value is -0.150. The summed E-state index contributed by atoms with van der Waals surface area (Å²) in [6, 6.07) is 1.67. The first kappa shape index (κ1) is 8.94. The molecule has 1 aromatic heterocycles. The van der Waals surface area contributed by atoms with E-state index in [1.54, 1.807) is 6.07 Å². The summed E-state index contributed by atoms with van der Waals surface area (Å²) < 4.78 is 0.737. The van der Waals surface area contributed by atoms with E-state index >= 15 is 0 Å². The van der Waals surface area contributed by atoms with Gasteiger partial charge in [0.1, 0.15) is 15.6 Å². The Morgan fingerprint density at radius 1 is 1.45 bits per heavy atom. The van der Waals surface area contributed by atoms with Gasteiger partial charge in [-0.3, -0.25) is 0 Å². The maximum absolute atomic E-state index is 5.71. The van der Waals surface area contributed by atoms with E-state index in [9.17, 15) is 0 Å². The van der Waals surface area contributed by atoms with Crippen LogP contribution < -0.4 is 0 Å². The fraction of sp³-hybridized carbons (Fsp3) is 0.429. The van der Waals surface area contributed by atoms with Gasteiger partial charge in [0.05, 0.1) is 0 Å². The molecule has 0 unspecified atom stereocenters. The predicted molar refractivity (Wildman–Crippen MR) is 48.8 cm³/mol. The minimum Gasteiger partial charge on any atom is -0.226 e. The van der Waals surface area contributed by atoms with Crippen LogP contribution in [0.4, 0.5) is 0 Å². The van der Waals surface area contributed by atoms with Crippen molar-refractivity contribution in [2.45, 2.75) is 19.8 Å². The Balaban J connectivity index is 3.08. The van der Waals surface area contributed by atoms with Crippen LogP contribution in [0.1, 0.15) is 25.6 Å². The minimum absolute atomic E-state index is 0.310. The van der Waals surface area contributed by atoms with Crippen molar-refractivity contribution in [3.8, 4) is 0 Å². The molecule has 0 radical (unpaired) electrons. The van der Waals surface area contributed by atoms with Crippen LogP contribution >= 0.6 is 27.5 Å². The van der Waals surface area contributed by atoms with Gasteiger partial charge in [-0.15, -0.1) is 0 Å². The van der Waals surface area contributed by atoms with Crippen molar-refractivity contribution in [1.82, 2.24) is 9.97 Å². The summed E-state index contributed by atoms with van der Waals surface area (Å²) in [4.78, 5) is 8.21. The van der Waals surface area contributed by atoms with E-state index in [-0.39, 0.29) is 0 Å². The summed E-state index contributed by atoms with van der Waals surface area (Å²) in [5, 5.41) is 0.482. The summed E-state index contributed by atoms with van der Waals surface area (Å²) in [6.45, 7) is 4.05. The van der Waals surface area contributed by atoms with Gasteiger partial charge >= 0.3 is 0 Å². The average Bonchev–Trinajstić information content (AvgIpc) is 1.85. The molecule has 0 aliphatic heterocycles. The van der Waals surface area contributed by atoms with Gasteiger partial charge in [0.25, 0.3) is 0 Å². The lowest BCUT2D eigenvalue weighted by Crippen LogP contribution is -1.97. The van der Waals surface area contributed by atoms with Crippen molar-refractivity contribution in [3.05, 3.63) is 21.6 Å². The first-order chi connectivity index (χ1) is 5.09. The third kappa shape index (κ3) is 2.42. The quantitative estimate of drug-likeness (QED) is 0.699. The molecule has 0 fully saturated rings. The Kier molecular flexibility index (Phi) is 2.84. The predicted octanol–water partition coefficient (Wildman–Crippen LogP) is 3.02. The Morgan fingerprint density at radius 2 is 2.09 bits per heavy atom. The highest BCUT2D eigenvalue weighted by atomic mass is 79.9. The van der Waals surface area contributed by atoms with Crippen LogP contribution in [0.2, 0.25) is 5.15 Å². The summed E-state index contributed by atoms with van der Waals surface area (Å²) in [7, 11) is 0. The van der Waals surface area contributed by atoms with Crippen LogP contribution in [0.15, 0.2) is 10.7 Å². The fourth-order valence-corrected chi connectivity index (χ4v) is 1.39. The van der Waals surface area contributed by atoms with E-state index in [0.717, 1.165) is 10.4 Å². The van der Waals surface area contributed by atoms with Gasteiger partial charge in [0, 0.05) is 12.0 Å². The second kappa shape index (κ2) is 3.50. The van der Waals surface area contributed by atoms with E-state index in [1.807, 2.05) is 13.8 Å². The van der Waals surface area contributed by atoms with Gasteiger partial charge in [0.2, 0.25) is 0 Å². The lowest BCUT2D eigenvalue weighted by molar-refractivity contribution is 0.769. The highest BCUT2D eigenvalue weighted by Crippen LogP contribution is 2.16. The number of hydrogen-bond acceptors (Lipinski definition) is 2. The molecule has 0 N–H and O–H groups in total. The second-order valence-corrected chi connectivity index (χ2v) is 3.73. The van der Waals surface area contributed by atoms with Crippen molar-refractivity contribution in [2.75, 3.05) is 0 Å². The highest BCUT2D eigenvalue weighted by molar-refractivity contribution is 9.10. The molecule has 0 bridgehead atoms. The van der Waals surface area contributed by atoms with Crippen LogP contribution in [-0.4, -0.2) is 9.97 Å². The zero-order valence-electron chi connectivity index (χ0n) is 6.31. The third-order valence-corrected chi connectivity index (χ3v) is 1.80. The molecule has 0 aromatic carbocycles. The first-order valence-electron chi connectivity index (χ1n) is 3.29. The smallest absolute Gasteiger partial charge is 0.133 e. The van der Waals surface area contributed by atoms with Crippen molar-refractivity contribution < 1.29 is 0 Å². The molecule has 0 aliphatic carbocycles. The monoisotopic (exact) mass is 234 g/mol. The van der Waals surface area contributed by atoms with Gasteiger partial charge in [-0.25, -0.2) is 9.97 Å². The molecular formula is C7H8BrClN2. The molecule has 0 aliphatic rings. The van der Waals surface area contributed by atoms with E-state index in [2.05, 4.69) is 25.9 Å². The van der Waals surface area contributed by atoms with Gasteiger partial charge in [-0.2, -0.15) is 0 Å². The molecule has 1 rings (SSSR count). The number of aromatic nitrogens is 2. The largest absolute Gasteiger partial charge is 0.226 e. The molecule has 11 heavy (non-hydrogen) atoms. The SMILES string of the molecule is CC(C)c1nc(Cl)cc(Br)n1. The van der Waals surface area contributed by atoms with Gasteiger partial charge in [-0.1, -0.05) is 25.4 Å².